The molecule has 11 heteroatoms. The minimum absolute atomic E-state index is 0.00868. The van der Waals surface area contributed by atoms with Crippen LogP contribution in [0.15, 0.2) is 60.7 Å². The number of ketones is 1. The number of carboxylic acids is 1. The summed E-state index contributed by atoms with van der Waals surface area (Å²) < 4.78 is 17.0. The molecule has 1 aliphatic heterocycles. The third kappa shape index (κ3) is 6.59. The first kappa shape index (κ1) is 29.4. The average molecular weight is 564 g/mol. The van der Waals surface area contributed by atoms with Gasteiger partial charge in [-0.05, 0) is 60.9 Å². The summed E-state index contributed by atoms with van der Waals surface area (Å²) in [5.41, 5.74) is 8.22. The van der Waals surface area contributed by atoms with Crippen molar-refractivity contribution in [3.63, 3.8) is 0 Å². The summed E-state index contributed by atoms with van der Waals surface area (Å²) in [5.74, 6) is -0.716. The third-order valence-electron chi connectivity index (χ3n) is 6.93. The van der Waals surface area contributed by atoms with Crippen molar-refractivity contribution in [2.45, 2.75) is 38.0 Å². The second kappa shape index (κ2) is 12.7. The van der Waals surface area contributed by atoms with Gasteiger partial charge in [0.15, 0.2) is 23.4 Å². The van der Waals surface area contributed by atoms with E-state index in [2.05, 4.69) is 5.32 Å². The van der Waals surface area contributed by atoms with Crippen LogP contribution >= 0.6 is 0 Å². The molecule has 3 aromatic carbocycles. The smallest absolute Gasteiger partial charge is 0.335 e. The van der Waals surface area contributed by atoms with E-state index < -0.39 is 30.3 Å². The number of primary amides is 1. The van der Waals surface area contributed by atoms with E-state index in [1.165, 1.54) is 37.3 Å². The van der Waals surface area contributed by atoms with Crippen LogP contribution in [-0.2, 0) is 11.2 Å². The number of amides is 2. The molecule has 0 saturated carbocycles. The van der Waals surface area contributed by atoms with Gasteiger partial charge in [0.05, 0.1) is 43.3 Å². The minimum atomic E-state index is -1.13. The predicted molar refractivity (Wildman–Crippen MR) is 151 cm³/mol. The number of anilines is 2. The van der Waals surface area contributed by atoms with Gasteiger partial charge in [0.2, 0.25) is 0 Å². The molecular formula is C30H33N3O8. The number of hydrogen-bond donors (Lipinski definition) is 4. The first-order valence-electron chi connectivity index (χ1n) is 13.0. The Morgan fingerprint density at radius 3 is 2.34 bits per heavy atom. The Bertz CT molecular complexity index is 1440. The largest absolute Gasteiger partial charge is 0.495 e. The lowest BCUT2D eigenvalue weighted by molar-refractivity contribution is -0.126. The summed E-state index contributed by atoms with van der Waals surface area (Å²) >= 11 is 0. The number of carbonyl (C=O) groups is 3. The molecule has 1 saturated heterocycles. The molecule has 3 unspecified atom stereocenters. The number of benzene rings is 3. The van der Waals surface area contributed by atoms with E-state index in [9.17, 15) is 24.6 Å². The fourth-order valence-corrected chi connectivity index (χ4v) is 4.88. The number of nitrogens with zero attached hydrogens (tertiary/aromatic N) is 1. The quantitative estimate of drug-likeness (QED) is 0.275. The Balaban J connectivity index is 1.63. The van der Waals surface area contributed by atoms with Crippen molar-refractivity contribution in [2.75, 3.05) is 25.7 Å². The highest BCUT2D eigenvalue weighted by Gasteiger charge is 2.36. The minimum Gasteiger partial charge on any atom is -0.495 e. The zero-order chi connectivity index (χ0) is 29.7. The second-order valence-electron chi connectivity index (χ2n) is 9.72. The number of para-hydroxylation sites is 1. The number of ether oxygens (including phenoxy) is 3. The fourth-order valence-electron chi connectivity index (χ4n) is 4.88. The van der Waals surface area contributed by atoms with Crippen molar-refractivity contribution < 1.29 is 38.8 Å². The summed E-state index contributed by atoms with van der Waals surface area (Å²) in [5, 5.41) is 22.6. The number of aliphatic hydroxyl groups excluding tert-OH is 1. The molecule has 216 valence electrons. The molecule has 1 fully saturated rings. The zero-order valence-electron chi connectivity index (χ0n) is 23.0. The Hall–Kier alpha value is -4.61. The first-order valence-corrected chi connectivity index (χ1v) is 13.0. The number of carboxylic acid groups (broad SMARTS) is 1. The van der Waals surface area contributed by atoms with Crippen LogP contribution in [0.1, 0.15) is 27.9 Å². The molecule has 41 heavy (non-hydrogen) atoms. The average Bonchev–Trinajstić information content (AvgIpc) is 3.38. The number of hydrogen-bond acceptors (Lipinski definition) is 8. The molecule has 0 aromatic heterocycles. The molecule has 4 rings (SSSR count). The Labute approximate surface area is 237 Å². The molecule has 0 radical (unpaired) electrons. The van der Waals surface area contributed by atoms with Gasteiger partial charge >= 0.3 is 12.0 Å². The van der Waals surface area contributed by atoms with Gasteiger partial charge in [-0.25, -0.2) is 9.59 Å². The molecule has 3 atom stereocenters. The molecule has 5 N–H and O–H groups in total. The maximum absolute atomic E-state index is 13.7. The second-order valence-corrected chi connectivity index (χ2v) is 9.72. The summed E-state index contributed by atoms with van der Waals surface area (Å²) in [6.07, 6.45) is -1.42. The lowest BCUT2D eigenvalue weighted by atomic mass is 9.98. The third-order valence-corrected chi connectivity index (χ3v) is 6.93. The number of aliphatic hydroxyl groups is 1. The first-order chi connectivity index (χ1) is 19.6. The van der Waals surface area contributed by atoms with Crippen LogP contribution in [0.2, 0.25) is 0 Å². The summed E-state index contributed by atoms with van der Waals surface area (Å²) in [6, 6.07) is 15.3. The van der Waals surface area contributed by atoms with Gasteiger partial charge in [0.25, 0.3) is 0 Å². The number of Topliss-reactive ketones (excluding diaryl/α,β-unsaturated/α-hetero) is 1. The standard InChI is InChI=1S/C30H33N3O8/c1-17-6-4-5-7-22(17)33(30(31)38)23-10-8-18(13-26(23)39-2)12-24(35)28(21-15-20(34)16-32-21)41-25-11-9-19(29(36)37)14-27(25)40-3/h4-11,13-14,20-21,28,32,34H,12,15-16H2,1-3H3,(H2,31,38)(H,36,37). The summed E-state index contributed by atoms with van der Waals surface area (Å²) in [4.78, 5) is 38.9. The maximum Gasteiger partial charge on any atom is 0.335 e. The van der Waals surface area contributed by atoms with Gasteiger partial charge in [0, 0.05) is 13.0 Å². The van der Waals surface area contributed by atoms with Crippen LogP contribution in [0.25, 0.3) is 0 Å². The number of aryl methyl sites for hydroxylation is 1. The maximum atomic E-state index is 13.7. The topological polar surface area (TPSA) is 161 Å². The number of nitrogens with two attached hydrogens (primary N) is 1. The summed E-state index contributed by atoms with van der Waals surface area (Å²) in [7, 11) is 2.84. The number of rotatable bonds is 11. The van der Waals surface area contributed by atoms with E-state index in [-0.39, 0.29) is 35.7 Å². The normalized spacial score (nSPS) is 17.0. The molecular weight excluding hydrogens is 530 g/mol. The van der Waals surface area contributed by atoms with Gasteiger partial charge in [-0.3, -0.25) is 9.69 Å². The molecule has 3 aromatic rings. The molecule has 1 heterocycles. The van der Waals surface area contributed by atoms with Gasteiger partial charge in [0.1, 0.15) is 5.75 Å². The van der Waals surface area contributed by atoms with Crippen LogP contribution in [0.4, 0.5) is 16.2 Å². The lowest BCUT2D eigenvalue weighted by Gasteiger charge is -2.26. The van der Waals surface area contributed by atoms with Crippen LogP contribution in [0.5, 0.6) is 17.2 Å². The molecule has 0 aliphatic carbocycles. The SMILES string of the molecule is COc1cc(C(=O)O)ccc1OC(C(=O)Cc1ccc(N(C(N)=O)c2ccccc2C)c(OC)c1)C1CC(O)CN1. The molecule has 0 bridgehead atoms. The number of aromatic carboxylic acids is 1. The molecule has 0 spiro atoms. The highest BCUT2D eigenvalue weighted by atomic mass is 16.5. The van der Waals surface area contributed by atoms with Gasteiger partial charge in [-0.1, -0.05) is 24.3 Å². The number of urea groups is 1. The Kier molecular flexibility index (Phi) is 9.10. The molecule has 1 aliphatic rings. The van der Waals surface area contributed by atoms with Crippen molar-refractivity contribution in [1.82, 2.24) is 5.32 Å². The van der Waals surface area contributed by atoms with Crippen molar-refractivity contribution in [1.29, 1.82) is 0 Å². The van der Waals surface area contributed by atoms with Crippen molar-refractivity contribution in [3.8, 4) is 17.2 Å². The van der Waals surface area contributed by atoms with E-state index in [1.807, 2.05) is 19.1 Å². The number of β-amino-alcohol motifs (C(OH)–C–C–N with tert-alkyl or cyclic N) is 1. The van der Waals surface area contributed by atoms with Gasteiger partial charge in [-0.2, -0.15) is 0 Å². The molecule has 2 amide bonds. The number of methoxy groups -OCH3 is 2. The van der Waals surface area contributed by atoms with Gasteiger partial charge in [-0.15, -0.1) is 0 Å². The lowest BCUT2D eigenvalue weighted by Crippen LogP contribution is -2.45. The van der Waals surface area contributed by atoms with Crippen LogP contribution in [0.3, 0.4) is 0 Å². The molecule has 11 nitrogen and oxygen atoms in total. The Morgan fingerprint density at radius 1 is 1.00 bits per heavy atom. The van der Waals surface area contributed by atoms with Crippen molar-refractivity contribution in [3.05, 3.63) is 77.4 Å². The van der Waals surface area contributed by atoms with E-state index >= 15 is 0 Å². The van der Waals surface area contributed by atoms with Gasteiger partial charge < -0.3 is 35.5 Å². The van der Waals surface area contributed by atoms with E-state index in [0.717, 1.165) is 5.56 Å². The number of carbonyl (C=O) groups excluding carboxylic acids is 2. The van der Waals surface area contributed by atoms with Crippen molar-refractivity contribution >= 4 is 29.2 Å². The number of nitrogens with one attached hydrogen (secondary N) is 1. The highest BCUT2D eigenvalue weighted by molar-refractivity contribution is 6.00. The van der Waals surface area contributed by atoms with Crippen molar-refractivity contribution in [2.24, 2.45) is 5.73 Å². The van der Waals surface area contributed by atoms with Crippen LogP contribution in [-0.4, -0.2) is 67.0 Å². The monoisotopic (exact) mass is 563 g/mol. The van der Waals surface area contributed by atoms with Crippen LogP contribution < -0.4 is 30.2 Å². The zero-order valence-corrected chi connectivity index (χ0v) is 23.0. The summed E-state index contributed by atoms with van der Waals surface area (Å²) in [6.45, 7) is 2.17. The van der Waals surface area contributed by atoms with E-state index in [0.29, 0.717) is 29.2 Å². The van der Waals surface area contributed by atoms with E-state index in [1.54, 1.807) is 30.3 Å². The van der Waals surface area contributed by atoms with Crippen LogP contribution in [0, 0.1) is 6.92 Å². The fraction of sp³-hybridized carbons (Fsp3) is 0.300. The Morgan fingerprint density at radius 2 is 1.73 bits per heavy atom. The highest BCUT2D eigenvalue weighted by Crippen LogP contribution is 2.36. The van der Waals surface area contributed by atoms with E-state index in [4.69, 9.17) is 19.9 Å². The predicted octanol–water partition coefficient (Wildman–Crippen LogP) is 3.21.